The molecule has 0 amide bonds. The summed E-state index contributed by atoms with van der Waals surface area (Å²) in [6.07, 6.45) is -2.71. The fourth-order valence-electron chi connectivity index (χ4n) is 2.74. The number of aliphatic hydroxyl groups excluding tert-OH is 1. The number of rotatable bonds is 9. The van der Waals surface area contributed by atoms with Crippen LogP contribution in [-0.4, -0.2) is 23.9 Å². The molecule has 9 heteroatoms. The summed E-state index contributed by atoms with van der Waals surface area (Å²) in [5.41, 5.74) is 5.63. The van der Waals surface area contributed by atoms with E-state index in [9.17, 15) is 18.3 Å². The van der Waals surface area contributed by atoms with E-state index < -0.39 is 17.3 Å². The number of hydrogen-bond acceptors (Lipinski definition) is 3. The van der Waals surface area contributed by atoms with Gasteiger partial charge in [0, 0.05) is 5.54 Å². The molecule has 0 saturated heterocycles. The van der Waals surface area contributed by atoms with E-state index in [1.807, 2.05) is 6.07 Å². The Labute approximate surface area is 190 Å². The summed E-state index contributed by atoms with van der Waals surface area (Å²) in [7, 11) is 0. The highest BCUT2D eigenvalue weighted by Crippen LogP contribution is 2.37. The molecule has 0 radical (unpaired) electrons. The van der Waals surface area contributed by atoms with E-state index in [1.165, 1.54) is 6.07 Å². The van der Waals surface area contributed by atoms with Gasteiger partial charge in [0.1, 0.15) is 5.75 Å². The van der Waals surface area contributed by atoms with Crippen LogP contribution in [0.15, 0.2) is 36.4 Å². The second-order valence-electron chi connectivity index (χ2n) is 7.34. The smallest absolute Gasteiger partial charge is 0.419 e. The van der Waals surface area contributed by atoms with Crippen molar-refractivity contribution < 1.29 is 23.0 Å². The topological polar surface area (TPSA) is 55.5 Å². The van der Waals surface area contributed by atoms with Crippen molar-refractivity contribution in [2.24, 2.45) is 5.73 Å². The average molecular weight is 487 g/mol. The van der Waals surface area contributed by atoms with Crippen molar-refractivity contribution in [3.63, 3.8) is 0 Å². The molecule has 30 heavy (non-hydrogen) atoms. The normalized spacial score (nSPS) is 13.5. The average Bonchev–Trinajstić information content (AvgIpc) is 2.66. The van der Waals surface area contributed by atoms with Crippen molar-refractivity contribution in [3.8, 4) is 5.75 Å². The minimum Gasteiger partial charge on any atom is -0.493 e. The molecule has 0 aromatic heterocycles. The molecule has 0 fully saturated rings. The van der Waals surface area contributed by atoms with Crippen LogP contribution in [0, 0.1) is 0 Å². The van der Waals surface area contributed by atoms with Gasteiger partial charge < -0.3 is 15.6 Å². The molecule has 0 spiro atoms. The van der Waals surface area contributed by atoms with Gasteiger partial charge in [0.25, 0.3) is 0 Å². The van der Waals surface area contributed by atoms with Crippen molar-refractivity contribution in [2.45, 2.75) is 44.3 Å². The maximum Gasteiger partial charge on any atom is 0.419 e. The second-order valence-corrected chi connectivity index (χ2v) is 8.16. The van der Waals surface area contributed by atoms with Gasteiger partial charge in [-0.3, -0.25) is 0 Å². The van der Waals surface area contributed by atoms with Gasteiger partial charge in [-0.05, 0) is 68.0 Å². The fourth-order valence-corrected chi connectivity index (χ4v) is 3.06. The third kappa shape index (κ3) is 8.16. The zero-order valence-corrected chi connectivity index (χ0v) is 18.8. The van der Waals surface area contributed by atoms with E-state index >= 15 is 0 Å². The lowest BCUT2D eigenvalue weighted by Crippen LogP contribution is -2.40. The third-order valence-electron chi connectivity index (χ3n) is 4.55. The Balaban J connectivity index is 0.00000450. The van der Waals surface area contributed by atoms with Gasteiger partial charge in [-0.1, -0.05) is 35.3 Å². The molecule has 1 atom stereocenters. The van der Waals surface area contributed by atoms with E-state index in [0.717, 1.165) is 11.6 Å². The summed E-state index contributed by atoms with van der Waals surface area (Å²) in [4.78, 5) is 0. The van der Waals surface area contributed by atoms with E-state index in [2.05, 4.69) is 0 Å². The Kier molecular flexibility index (Phi) is 10.2. The van der Waals surface area contributed by atoms with Gasteiger partial charge in [0.05, 0.1) is 28.8 Å². The van der Waals surface area contributed by atoms with Gasteiger partial charge in [0.2, 0.25) is 0 Å². The lowest BCUT2D eigenvalue weighted by Gasteiger charge is -2.22. The van der Waals surface area contributed by atoms with Crippen molar-refractivity contribution in [1.29, 1.82) is 0 Å². The van der Waals surface area contributed by atoms with Gasteiger partial charge >= 0.3 is 6.18 Å². The number of hydrogen-bond donors (Lipinski definition) is 2. The van der Waals surface area contributed by atoms with Crippen molar-refractivity contribution in [1.82, 2.24) is 0 Å². The lowest BCUT2D eigenvalue weighted by atomic mass is 9.94. The van der Waals surface area contributed by atoms with Crippen LogP contribution >= 0.6 is 35.6 Å². The van der Waals surface area contributed by atoms with Gasteiger partial charge in [-0.2, -0.15) is 13.2 Å². The summed E-state index contributed by atoms with van der Waals surface area (Å²) in [6, 6.07) is 9.26. The molecular weight excluding hydrogens is 462 g/mol. The van der Waals surface area contributed by atoms with Crippen LogP contribution in [0.2, 0.25) is 10.0 Å². The zero-order valence-electron chi connectivity index (χ0n) is 16.4. The Morgan fingerprint density at radius 1 is 1.00 bits per heavy atom. The molecular formula is C21H25Cl3F3NO2. The second kappa shape index (κ2) is 11.4. The summed E-state index contributed by atoms with van der Waals surface area (Å²) < 4.78 is 45.8. The lowest BCUT2D eigenvalue weighted by molar-refractivity contribution is -0.139. The number of alkyl halides is 3. The summed E-state index contributed by atoms with van der Waals surface area (Å²) >= 11 is 11.8. The highest BCUT2D eigenvalue weighted by atomic mass is 35.5. The Morgan fingerprint density at radius 2 is 1.63 bits per heavy atom. The number of nitrogens with two attached hydrogens (primary N) is 1. The summed E-state index contributed by atoms with van der Waals surface area (Å²) in [5.74, 6) is -0.201. The van der Waals surface area contributed by atoms with E-state index in [0.29, 0.717) is 41.3 Å². The van der Waals surface area contributed by atoms with E-state index in [-0.39, 0.29) is 31.4 Å². The summed E-state index contributed by atoms with van der Waals surface area (Å²) in [6.45, 7) is 1.55. The molecule has 0 aliphatic heterocycles. The van der Waals surface area contributed by atoms with Crippen LogP contribution in [0.1, 0.15) is 36.5 Å². The monoisotopic (exact) mass is 485 g/mol. The van der Waals surface area contributed by atoms with Gasteiger partial charge in [-0.15, -0.1) is 12.4 Å². The van der Waals surface area contributed by atoms with Crippen molar-refractivity contribution in [3.05, 3.63) is 63.1 Å². The number of aryl methyl sites for hydroxylation is 2. The number of halogens is 6. The molecule has 3 nitrogen and oxygen atoms in total. The number of ether oxygens (including phenoxy) is 1. The molecule has 2 aromatic carbocycles. The summed E-state index contributed by atoms with van der Waals surface area (Å²) in [5, 5.41) is 10.1. The highest BCUT2D eigenvalue weighted by Gasteiger charge is 2.34. The number of aliphatic hydroxyl groups is 1. The Hall–Kier alpha value is -1.18. The first-order valence-electron chi connectivity index (χ1n) is 9.18. The quantitative estimate of drug-likeness (QED) is 0.422. The van der Waals surface area contributed by atoms with Crippen LogP contribution in [-0.2, 0) is 19.0 Å². The third-order valence-corrected chi connectivity index (χ3v) is 5.29. The first-order chi connectivity index (χ1) is 13.5. The largest absolute Gasteiger partial charge is 0.493 e. The molecule has 2 aromatic rings. The molecule has 168 valence electrons. The first kappa shape index (κ1) is 26.9. The molecule has 0 aliphatic carbocycles. The van der Waals surface area contributed by atoms with E-state index in [4.69, 9.17) is 33.7 Å². The molecule has 0 heterocycles. The van der Waals surface area contributed by atoms with Crippen molar-refractivity contribution >= 4 is 35.6 Å². The maximum atomic E-state index is 13.5. The van der Waals surface area contributed by atoms with Gasteiger partial charge in [0.15, 0.2) is 0 Å². The van der Waals surface area contributed by atoms with Crippen LogP contribution in [0.4, 0.5) is 13.2 Å². The van der Waals surface area contributed by atoms with Crippen LogP contribution in [0.5, 0.6) is 5.75 Å². The zero-order chi connectivity index (χ0) is 21.7. The van der Waals surface area contributed by atoms with Crippen LogP contribution in [0.25, 0.3) is 0 Å². The number of benzene rings is 2. The highest BCUT2D eigenvalue weighted by molar-refractivity contribution is 6.42. The Bertz CT molecular complexity index is 830. The van der Waals surface area contributed by atoms with Gasteiger partial charge in [-0.25, -0.2) is 0 Å². The molecule has 0 saturated carbocycles. The first-order valence-corrected chi connectivity index (χ1v) is 9.94. The molecule has 2 rings (SSSR count). The Morgan fingerprint density at radius 3 is 2.23 bits per heavy atom. The fraction of sp³-hybridized carbons (Fsp3) is 0.429. The maximum absolute atomic E-state index is 13.5. The van der Waals surface area contributed by atoms with Crippen molar-refractivity contribution in [2.75, 3.05) is 13.2 Å². The predicted octanol–water partition coefficient (Wildman–Crippen LogP) is 6.09. The minimum atomic E-state index is -4.53. The van der Waals surface area contributed by atoms with Crippen LogP contribution < -0.4 is 10.5 Å². The standard InChI is InChI=1S/C21H24Cl2F3NO2.ClH/c1-20(27,13-28)9-8-15-5-7-19(16(11-15)21(24,25)26)29-10-2-3-14-4-6-17(22)18(23)12-14;/h4-7,11-12,28H,2-3,8-10,13,27H2,1H3;1H/t20-;/m1./s1. The molecule has 0 bridgehead atoms. The molecule has 0 unspecified atom stereocenters. The van der Waals surface area contributed by atoms with E-state index in [1.54, 1.807) is 25.1 Å². The minimum absolute atomic E-state index is 0. The SMILES string of the molecule is C[C@](N)(CO)CCc1ccc(OCCCc2ccc(Cl)c(Cl)c2)c(C(F)(F)F)c1.Cl. The predicted molar refractivity (Wildman–Crippen MR) is 117 cm³/mol. The molecule has 0 aliphatic rings. The molecule has 3 N–H and O–H groups in total. The van der Waals surface area contributed by atoms with Crippen LogP contribution in [0.3, 0.4) is 0 Å².